The summed E-state index contributed by atoms with van der Waals surface area (Å²) in [6.07, 6.45) is 2.07. The van der Waals surface area contributed by atoms with Gasteiger partial charge in [0.05, 0.1) is 12.0 Å². The van der Waals surface area contributed by atoms with Gasteiger partial charge in [0.1, 0.15) is 11.4 Å². The van der Waals surface area contributed by atoms with Crippen LogP contribution in [0.1, 0.15) is 19.8 Å². The van der Waals surface area contributed by atoms with Crippen LogP contribution in [-0.4, -0.2) is 31.2 Å². The van der Waals surface area contributed by atoms with E-state index in [2.05, 4.69) is 11.8 Å². The molecule has 2 atom stereocenters. The van der Waals surface area contributed by atoms with Gasteiger partial charge in [-0.25, -0.2) is 0 Å². The monoisotopic (exact) mass is 279 g/mol. The SMILES string of the molecule is COc1ccc([N+](=O)[O-])c(N2CC(CN)CCC2C)c1. The number of methoxy groups -OCH3 is 1. The van der Waals surface area contributed by atoms with Crippen molar-refractivity contribution in [3.8, 4) is 5.75 Å². The lowest BCUT2D eigenvalue weighted by Crippen LogP contribution is -2.44. The van der Waals surface area contributed by atoms with Crippen molar-refractivity contribution in [1.29, 1.82) is 0 Å². The van der Waals surface area contributed by atoms with E-state index in [-0.39, 0.29) is 16.7 Å². The molecule has 2 N–H and O–H groups in total. The van der Waals surface area contributed by atoms with Crippen LogP contribution in [0, 0.1) is 16.0 Å². The summed E-state index contributed by atoms with van der Waals surface area (Å²) in [6, 6.07) is 5.14. The van der Waals surface area contributed by atoms with E-state index < -0.39 is 0 Å². The molecule has 2 unspecified atom stereocenters. The zero-order valence-electron chi connectivity index (χ0n) is 11.9. The van der Waals surface area contributed by atoms with Crippen molar-refractivity contribution in [2.24, 2.45) is 11.7 Å². The molecule has 0 aromatic heterocycles. The number of nitro groups is 1. The van der Waals surface area contributed by atoms with Crippen molar-refractivity contribution in [3.63, 3.8) is 0 Å². The quantitative estimate of drug-likeness (QED) is 0.674. The molecule has 1 aliphatic rings. The standard InChI is InChI=1S/C14H21N3O3/c1-10-3-4-11(8-15)9-16(10)14-7-12(20-2)5-6-13(14)17(18)19/h5-7,10-11H,3-4,8-9,15H2,1-2H3. The molecule has 0 aliphatic carbocycles. The molecule has 2 rings (SSSR count). The number of piperidine rings is 1. The van der Waals surface area contributed by atoms with E-state index >= 15 is 0 Å². The third-order valence-corrected chi connectivity index (χ3v) is 4.00. The first-order valence-corrected chi connectivity index (χ1v) is 6.86. The molecular weight excluding hydrogens is 258 g/mol. The minimum absolute atomic E-state index is 0.121. The highest BCUT2D eigenvalue weighted by atomic mass is 16.6. The van der Waals surface area contributed by atoms with E-state index in [1.807, 2.05) is 0 Å². The van der Waals surface area contributed by atoms with Gasteiger partial charge in [-0.2, -0.15) is 0 Å². The van der Waals surface area contributed by atoms with Crippen molar-refractivity contribution in [1.82, 2.24) is 0 Å². The lowest BCUT2D eigenvalue weighted by atomic mass is 9.93. The third kappa shape index (κ3) is 2.85. The topological polar surface area (TPSA) is 81.6 Å². The van der Waals surface area contributed by atoms with E-state index in [0.717, 1.165) is 19.4 Å². The van der Waals surface area contributed by atoms with Crippen LogP contribution in [0.5, 0.6) is 5.75 Å². The summed E-state index contributed by atoms with van der Waals surface area (Å²) in [4.78, 5) is 13.0. The van der Waals surface area contributed by atoms with E-state index in [0.29, 0.717) is 23.9 Å². The molecule has 0 radical (unpaired) electrons. The molecule has 110 valence electrons. The maximum Gasteiger partial charge on any atom is 0.292 e. The smallest absolute Gasteiger partial charge is 0.292 e. The molecule has 1 aromatic rings. The minimum atomic E-state index is -0.340. The number of anilines is 1. The Morgan fingerprint density at radius 1 is 1.50 bits per heavy atom. The zero-order valence-corrected chi connectivity index (χ0v) is 11.9. The maximum absolute atomic E-state index is 11.2. The van der Waals surface area contributed by atoms with Gasteiger partial charge in [0.25, 0.3) is 5.69 Å². The molecule has 1 aromatic carbocycles. The van der Waals surface area contributed by atoms with Crippen LogP contribution in [0.4, 0.5) is 11.4 Å². The summed E-state index contributed by atoms with van der Waals surface area (Å²) in [5, 5.41) is 11.2. The van der Waals surface area contributed by atoms with Crippen molar-refractivity contribution in [2.45, 2.75) is 25.8 Å². The predicted molar refractivity (Wildman–Crippen MR) is 78.2 cm³/mol. The number of nitro benzene ring substituents is 1. The van der Waals surface area contributed by atoms with E-state index in [1.54, 1.807) is 19.2 Å². The number of hydrogen-bond donors (Lipinski definition) is 1. The largest absolute Gasteiger partial charge is 0.497 e. The van der Waals surface area contributed by atoms with Gasteiger partial charge in [0.2, 0.25) is 0 Å². The summed E-state index contributed by atoms with van der Waals surface area (Å²) in [6.45, 7) is 3.46. The average Bonchev–Trinajstić information content (AvgIpc) is 2.47. The molecule has 20 heavy (non-hydrogen) atoms. The minimum Gasteiger partial charge on any atom is -0.497 e. The molecule has 1 aliphatic heterocycles. The second-order valence-corrected chi connectivity index (χ2v) is 5.29. The Morgan fingerprint density at radius 2 is 2.25 bits per heavy atom. The van der Waals surface area contributed by atoms with Crippen molar-refractivity contribution in [2.75, 3.05) is 25.1 Å². The maximum atomic E-state index is 11.2. The summed E-state index contributed by atoms with van der Waals surface area (Å²) in [5.41, 5.74) is 6.50. The fourth-order valence-corrected chi connectivity index (χ4v) is 2.72. The van der Waals surface area contributed by atoms with Crippen LogP contribution in [0.3, 0.4) is 0 Å². The number of hydrogen-bond acceptors (Lipinski definition) is 5. The van der Waals surface area contributed by atoms with Gasteiger partial charge in [0, 0.05) is 24.7 Å². The Labute approximate surface area is 118 Å². The van der Waals surface area contributed by atoms with Gasteiger partial charge in [-0.3, -0.25) is 10.1 Å². The average molecular weight is 279 g/mol. The first-order valence-electron chi connectivity index (χ1n) is 6.86. The molecule has 0 saturated carbocycles. The molecule has 0 amide bonds. The zero-order chi connectivity index (χ0) is 14.7. The Balaban J connectivity index is 2.40. The molecule has 1 saturated heterocycles. The molecule has 6 nitrogen and oxygen atoms in total. The van der Waals surface area contributed by atoms with Crippen LogP contribution >= 0.6 is 0 Å². The highest BCUT2D eigenvalue weighted by Crippen LogP contribution is 2.36. The first-order chi connectivity index (χ1) is 9.56. The Hall–Kier alpha value is -1.82. The van der Waals surface area contributed by atoms with Gasteiger partial charge in [0.15, 0.2) is 0 Å². The normalized spacial score (nSPS) is 22.6. The second kappa shape index (κ2) is 6.09. The molecule has 6 heteroatoms. The van der Waals surface area contributed by atoms with Crippen LogP contribution in [-0.2, 0) is 0 Å². The van der Waals surface area contributed by atoms with Gasteiger partial charge in [-0.05, 0) is 38.3 Å². The molecule has 1 heterocycles. The molecular formula is C14H21N3O3. The lowest BCUT2D eigenvalue weighted by molar-refractivity contribution is -0.384. The summed E-state index contributed by atoms with van der Waals surface area (Å²) in [5.74, 6) is 1.02. The van der Waals surface area contributed by atoms with Crippen LogP contribution in [0.15, 0.2) is 18.2 Å². The molecule has 0 spiro atoms. The highest BCUT2D eigenvalue weighted by molar-refractivity contribution is 5.66. The van der Waals surface area contributed by atoms with Gasteiger partial charge in [-0.15, -0.1) is 0 Å². The van der Waals surface area contributed by atoms with Crippen LogP contribution in [0.25, 0.3) is 0 Å². The van der Waals surface area contributed by atoms with Gasteiger partial charge < -0.3 is 15.4 Å². The predicted octanol–water partition coefficient (Wildman–Crippen LogP) is 2.17. The van der Waals surface area contributed by atoms with E-state index in [4.69, 9.17) is 10.5 Å². The van der Waals surface area contributed by atoms with E-state index in [9.17, 15) is 10.1 Å². The van der Waals surface area contributed by atoms with Crippen LogP contribution in [0.2, 0.25) is 0 Å². The molecule has 0 bridgehead atoms. The van der Waals surface area contributed by atoms with Crippen molar-refractivity contribution >= 4 is 11.4 Å². The third-order valence-electron chi connectivity index (χ3n) is 4.00. The number of ether oxygens (including phenoxy) is 1. The summed E-state index contributed by atoms with van der Waals surface area (Å²) in [7, 11) is 1.56. The number of nitrogens with zero attached hydrogens (tertiary/aromatic N) is 2. The van der Waals surface area contributed by atoms with Gasteiger partial charge in [-0.1, -0.05) is 0 Å². The number of rotatable bonds is 4. The number of benzene rings is 1. The summed E-state index contributed by atoms with van der Waals surface area (Å²) < 4.78 is 5.19. The lowest BCUT2D eigenvalue weighted by Gasteiger charge is -2.39. The second-order valence-electron chi connectivity index (χ2n) is 5.29. The Morgan fingerprint density at radius 3 is 2.85 bits per heavy atom. The van der Waals surface area contributed by atoms with Crippen molar-refractivity contribution in [3.05, 3.63) is 28.3 Å². The Kier molecular flexibility index (Phi) is 4.44. The van der Waals surface area contributed by atoms with Crippen molar-refractivity contribution < 1.29 is 9.66 Å². The van der Waals surface area contributed by atoms with Crippen LogP contribution < -0.4 is 15.4 Å². The van der Waals surface area contributed by atoms with E-state index in [1.165, 1.54) is 6.07 Å². The van der Waals surface area contributed by atoms with Gasteiger partial charge >= 0.3 is 0 Å². The summed E-state index contributed by atoms with van der Waals surface area (Å²) >= 11 is 0. The number of nitrogens with two attached hydrogens (primary N) is 1. The highest BCUT2D eigenvalue weighted by Gasteiger charge is 2.29. The fraction of sp³-hybridized carbons (Fsp3) is 0.571. The first kappa shape index (κ1) is 14.6. The molecule has 1 fully saturated rings. The fourth-order valence-electron chi connectivity index (χ4n) is 2.72. The Bertz CT molecular complexity index is 493.